The Hall–Kier alpha value is -2.06. The maximum absolute atomic E-state index is 13.5. The number of ether oxygens (including phenoxy) is 2. The van der Waals surface area contributed by atoms with E-state index in [-0.39, 0.29) is 23.9 Å². The number of amides is 1. The zero-order chi connectivity index (χ0) is 26.1. The fraction of sp³-hybridized carbons (Fsp3) is 0.679. The van der Waals surface area contributed by atoms with Crippen molar-refractivity contribution < 1.29 is 23.9 Å². The highest BCUT2D eigenvalue weighted by Gasteiger charge is 2.38. The molecule has 1 aromatic carbocycles. The first-order chi connectivity index (χ1) is 17.1. The average Bonchev–Trinajstić information content (AvgIpc) is 2.86. The zero-order valence-corrected chi connectivity index (χ0v) is 23.0. The van der Waals surface area contributed by atoms with Gasteiger partial charge in [-0.3, -0.25) is 14.9 Å². The van der Waals surface area contributed by atoms with Crippen LogP contribution in [0.5, 0.6) is 0 Å². The number of carbonyl (C=O) groups excluding carboxylic acids is 3. The summed E-state index contributed by atoms with van der Waals surface area (Å²) in [5.41, 5.74) is 0.509. The minimum absolute atomic E-state index is 0.0473. The molecular weight excluding hydrogens is 476 g/mol. The molecule has 8 heteroatoms. The molecule has 2 fully saturated rings. The van der Waals surface area contributed by atoms with E-state index >= 15 is 0 Å². The Morgan fingerprint density at radius 3 is 2.47 bits per heavy atom. The number of nitrogens with one attached hydrogen (secondary N) is 1. The maximum Gasteiger partial charge on any atom is 0.330 e. The lowest BCUT2D eigenvalue weighted by molar-refractivity contribution is -0.164. The molecule has 3 rings (SSSR count). The molecule has 3 atom stereocenters. The van der Waals surface area contributed by atoms with Crippen molar-refractivity contribution in [3.8, 4) is 0 Å². The molecule has 1 aromatic rings. The van der Waals surface area contributed by atoms with Crippen LogP contribution in [0.3, 0.4) is 0 Å². The van der Waals surface area contributed by atoms with E-state index in [1.54, 1.807) is 23.6 Å². The quantitative estimate of drug-likeness (QED) is 0.492. The average molecular weight is 519 g/mol. The molecule has 1 N–H and O–H groups in total. The first-order valence-corrected chi connectivity index (χ1v) is 14.4. The summed E-state index contributed by atoms with van der Waals surface area (Å²) in [6.45, 7) is 7.71. The van der Waals surface area contributed by atoms with Gasteiger partial charge in [0.2, 0.25) is 5.91 Å². The Balaban J connectivity index is 1.67. The van der Waals surface area contributed by atoms with E-state index in [9.17, 15) is 14.4 Å². The Morgan fingerprint density at radius 1 is 1.11 bits per heavy atom. The zero-order valence-electron chi connectivity index (χ0n) is 22.2. The van der Waals surface area contributed by atoms with Gasteiger partial charge < -0.3 is 14.4 Å². The summed E-state index contributed by atoms with van der Waals surface area (Å²) in [4.78, 5) is 41.2. The second-order valence-electron chi connectivity index (χ2n) is 10.8. The van der Waals surface area contributed by atoms with Crippen LogP contribution in [-0.2, 0) is 30.3 Å². The van der Waals surface area contributed by atoms with Gasteiger partial charge in [0.1, 0.15) is 23.8 Å². The summed E-state index contributed by atoms with van der Waals surface area (Å²) < 4.78 is 11.5. The SMILES string of the molecule is C[C@H](NC(CCc1ccccc1)C(=O)OC1CCCCC1)C(=O)N1CCSCC1C(=O)OC(C)(C)C. The third-order valence-electron chi connectivity index (χ3n) is 6.60. The number of nitrogens with zero attached hydrogens (tertiary/aromatic N) is 1. The van der Waals surface area contributed by atoms with Gasteiger partial charge in [-0.05, 0) is 71.8 Å². The normalized spacial score (nSPS) is 20.9. The van der Waals surface area contributed by atoms with E-state index in [2.05, 4.69) is 5.32 Å². The lowest BCUT2D eigenvalue weighted by atomic mass is 9.97. The Bertz CT molecular complexity index is 866. The summed E-state index contributed by atoms with van der Waals surface area (Å²) in [6, 6.07) is 8.13. The number of hydrogen-bond acceptors (Lipinski definition) is 7. The molecule has 200 valence electrons. The fourth-order valence-electron chi connectivity index (χ4n) is 4.71. The highest BCUT2D eigenvalue weighted by molar-refractivity contribution is 7.99. The first kappa shape index (κ1) is 28.5. The van der Waals surface area contributed by atoms with E-state index in [1.165, 1.54) is 6.42 Å². The number of carbonyl (C=O) groups is 3. The monoisotopic (exact) mass is 518 g/mol. The Morgan fingerprint density at radius 2 is 1.81 bits per heavy atom. The maximum atomic E-state index is 13.5. The molecule has 1 aliphatic carbocycles. The lowest BCUT2D eigenvalue weighted by Gasteiger charge is -2.37. The van der Waals surface area contributed by atoms with Gasteiger partial charge >= 0.3 is 11.9 Å². The minimum atomic E-state index is -0.641. The molecule has 36 heavy (non-hydrogen) atoms. The standard InChI is InChI=1S/C28H42N2O5S/c1-20(25(31)30-17-18-36-19-24(30)27(33)35-28(2,3)4)29-23(16-15-21-11-7-5-8-12-21)26(32)34-22-13-9-6-10-14-22/h5,7-8,11-12,20,22-24,29H,6,9-10,13-19H2,1-4H3/t20-,23?,24?/m0/s1. The van der Waals surface area contributed by atoms with Gasteiger partial charge in [-0.1, -0.05) is 36.8 Å². The molecule has 1 aliphatic heterocycles. The van der Waals surface area contributed by atoms with Crippen molar-refractivity contribution in [1.29, 1.82) is 0 Å². The van der Waals surface area contributed by atoms with Crippen LogP contribution in [0.25, 0.3) is 0 Å². The second-order valence-corrected chi connectivity index (χ2v) is 12.0. The molecule has 0 aromatic heterocycles. The fourth-order valence-corrected chi connectivity index (χ4v) is 5.74. The predicted molar refractivity (Wildman–Crippen MR) is 143 cm³/mol. The molecule has 0 bridgehead atoms. The summed E-state index contributed by atoms with van der Waals surface area (Å²) in [5, 5.41) is 3.26. The van der Waals surface area contributed by atoms with E-state index in [0.29, 0.717) is 25.1 Å². The van der Waals surface area contributed by atoms with Crippen molar-refractivity contribution in [3.05, 3.63) is 35.9 Å². The third kappa shape index (κ3) is 8.80. The summed E-state index contributed by atoms with van der Waals surface area (Å²) in [6.07, 6.45) is 6.31. The van der Waals surface area contributed by atoms with Crippen molar-refractivity contribution in [1.82, 2.24) is 10.2 Å². The number of aryl methyl sites for hydroxylation is 1. The van der Waals surface area contributed by atoms with Crippen molar-refractivity contribution in [2.24, 2.45) is 0 Å². The van der Waals surface area contributed by atoms with Crippen molar-refractivity contribution >= 4 is 29.6 Å². The highest BCUT2D eigenvalue weighted by atomic mass is 32.2. The van der Waals surface area contributed by atoms with Crippen molar-refractivity contribution in [3.63, 3.8) is 0 Å². The molecule has 0 radical (unpaired) electrons. The van der Waals surface area contributed by atoms with Gasteiger partial charge in [-0.2, -0.15) is 11.8 Å². The first-order valence-electron chi connectivity index (χ1n) is 13.3. The summed E-state index contributed by atoms with van der Waals surface area (Å²) in [7, 11) is 0. The highest BCUT2D eigenvalue weighted by Crippen LogP contribution is 2.23. The number of hydrogen-bond donors (Lipinski definition) is 1. The molecule has 1 amide bonds. The van der Waals surface area contributed by atoms with Crippen molar-refractivity contribution in [2.75, 3.05) is 18.1 Å². The topological polar surface area (TPSA) is 84.9 Å². The second kappa shape index (κ2) is 13.5. The van der Waals surface area contributed by atoms with Gasteiger partial charge in [0, 0.05) is 18.1 Å². The van der Waals surface area contributed by atoms with Crippen LogP contribution in [0.1, 0.15) is 71.8 Å². The van der Waals surface area contributed by atoms with E-state index < -0.39 is 23.7 Å². The lowest BCUT2D eigenvalue weighted by Crippen LogP contribution is -2.58. The molecular formula is C28H42N2O5S. The van der Waals surface area contributed by atoms with Crippen LogP contribution in [0.15, 0.2) is 30.3 Å². The number of rotatable bonds is 9. The van der Waals surface area contributed by atoms with Crippen LogP contribution in [0.2, 0.25) is 0 Å². The van der Waals surface area contributed by atoms with Gasteiger partial charge in [0.15, 0.2) is 0 Å². The number of benzene rings is 1. The molecule has 7 nitrogen and oxygen atoms in total. The Labute approximate surface area is 220 Å². The largest absolute Gasteiger partial charge is 0.461 e. The molecule has 2 unspecified atom stereocenters. The van der Waals surface area contributed by atoms with Crippen LogP contribution < -0.4 is 5.32 Å². The summed E-state index contributed by atoms with van der Waals surface area (Å²) >= 11 is 1.64. The molecule has 1 saturated heterocycles. The summed E-state index contributed by atoms with van der Waals surface area (Å²) in [5.74, 6) is 0.400. The van der Waals surface area contributed by atoms with Gasteiger partial charge in [-0.25, -0.2) is 4.79 Å². The molecule has 1 saturated carbocycles. The van der Waals surface area contributed by atoms with Gasteiger partial charge in [0.25, 0.3) is 0 Å². The van der Waals surface area contributed by atoms with Gasteiger partial charge in [-0.15, -0.1) is 0 Å². The smallest absolute Gasteiger partial charge is 0.330 e. The van der Waals surface area contributed by atoms with Crippen LogP contribution in [0, 0.1) is 0 Å². The predicted octanol–water partition coefficient (Wildman–Crippen LogP) is 4.13. The molecule has 1 heterocycles. The molecule has 0 spiro atoms. The number of esters is 2. The van der Waals surface area contributed by atoms with Crippen LogP contribution in [-0.4, -0.2) is 70.6 Å². The van der Waals surface area contributed by atoms with E-state index in [0.717, 1.165) is 37.0 Å². The molecule has 2 aliphatic rings. The van der Waals surface area contributed by atoms with E-state index in [1.807, 2.05) is 51.1 Å². The van der Waals surface area contributed by atoms with E-state index in [4.69, 9.17) is 9.47 Å². The van der Waals surface area contributed by atoms with Crippen LogP contribution in [0.4, 0.5) is 0 Å². The Kier molecular flexibility index (Phi) is 10.7. The van der Waals surface area contributed by atoms with Crippen molar-refractivity contribution in [2.45, 2.75) is 102 Å². The number of thioether (sulfide) groups is 1. The minimum Gasteiger partial charge on any atom is -0.461 e. The van der Waals surface area contributed by atoms with Gasteiger partial charge in [0.05, 0.1) is 6.04 Å². The van der Waals surface area contributed by atoms with Crippen LogP contribution >= 0.6 is 11.8 Å². The third-order valence-corrected chi connectivity index (χ3v) is 7.62.